The van der Waals surface area contributed by atoms with Gasteiger partial charge < -0.3 is 9.90 Å². The molecule has 0 aliphatic rings. The van der Waals surface area contributed by atoms with Crippen molar-refractivity contribution in [2.45, 2.75) is 6.92 Å². The summed E-state index contributed by atoms with van der Waals surface area (Å²) in [5.74, 6) is -1.12. The predicted octanol–water partition coefficient (Wildman–Crippen LogP) is 0.356. The molecule has 0 saturated carbocycles. The van der Waals surface area contributed by atoms with Crippen molar-refractivity contribution in [1.29, 1.82) is 0 Å². The number of rotatable bonds is 1. The van der Waals surface area contributed by atoms with Crippen molar-refractivity contribution in [2.24, 2.45) is 0 Å². The monoisotopic (exact) mass is 199 g/mol. The van der Waals surface area contributed by atoms with E-state index in [4.69, 9.17) is 0 Å². The van der Waals surface area contributed by atoms with Gasteiger partial charge in [0, 0.05) is 0 Å². The minimum atomic E-state index is -1.12. The van der Waals surface area contributed by atoms with Gasteiger partial charge in [-0.15, -0.1) is 0 Å². The first kappa shape index (κ1) is 10.3. The Morgan fingerprint density at radius 1 is 1.45 bits per heavy atom. The maximum absolute atomic E-state index is 10.2. The van der Waals surface area contributed by atoms with E-state index >= 15 is 0 Å². The zero-order valence-electron chi connectivity index (χ0n) is 6.33. The number of carboxylic acid groups (broad SMARTS) is 1. The van der Waals surface area contributed by atoms with Crippen LogP contribution in [0.4, 0.5) is 0 Å². The molecule has 0 atom stereocenters. The molecule has 0 N–H and O–H groups in total. The minimum Gasteiger partial charge on any atom is -0.545 e. The van der Waals surface area contributed by atoms with Crippen LogP contribution < -0.4 is 5.11 Å². The minimum absolute atomic E-state index is 0. The molecule has 0 aromatic heterocycles. The number of aryl methyl sites for hydroxylation is 1. The largest absolute Gasteiger partial charge is 2.00 e. The van der Waals surface area contributed by atoms with Crippen LogP contribution in [-0.2, 0) is 19.5 Å². The summed E-state index contributed by atoms with van der Waals surface area (Å²) in [5, 5.41) is 10.2. The fourth-order valence-electron chi connectivity index (χ4n) is 0.772. The molecule has 0 amide bonds. The first-order chi connectivity index (χ1) is 4.70. The van der Waals surface area contributed by atoms with Gasteiger partial charge in [0.2, 0.25) is 0 Å². The number of carbonyl (C=O) groups is 1. The van der Waals surface area contributed by atoms with Crippen molar-refractivity contribution in [2.75, 3.05) is 0 Å². The van der Waals surface area contributed by atoms with Gasteiger partial charge in [0.15, 0.2) is 0 Å². The van der Waals surface area contributed by atoms with Crippen molar-refractivity contribution in [3.8, 4) is 0 Å². The molecule has 0 aliphatic heterocycles. The van der Waals surface area contributed by atoms with Gasteiger partial charge in [0.05, 0.1) is 5.97 Å². The second-order valence-corrected chi connectivity index (χ2v) is 2.16. The number of aromatic carboxylic acids is 1. The first-order valence-corrected chi connectivity index (χ1v) is 2.98. The van der Waals surface area contributed by atoms with E-state index in [2.05, 4.69) is 0 Å². The van der Waals surface area contributed by atoms with Crippen molar-refractivity contribution < 1.29 is 29.4 Å². The van der Waals surface area contributed by atoms with E-state index in [1.165, 1.54) is 6.07 Å². The van der Waals surface area contributed by atoms with Gasteiger partial charge in [-0.05, 0) is 12.5 Å². The van der Waals surface area contributed by atoms with Gasteiger partial charge in [-0.3, -0.25) is 0 Å². The van der Waals surface area contributed by atoms with Crippen molar-refractivity contribution >= 4 is 5.97 Å². The van der Waals surface area contributed by atoms with Crippen LogP contribution in [0.25, 0.3) is 0 Å². The smallest absolute Gasteiger partial charge is 0.545 e. The molecule has 0 spiro atoms. The first-order valence-electron chi connectivity index (χ1n) is 2.98. The van der Waals surface area contributed by atoms with Gasteiger partial charge >= 0.3 is 19.5 Å². The van der Waals surface area contributed by atoms with Crippen molar-refractivity contribution in [3.05, 3.63) is 35.4 Å². The fraction of sp³-hybridized carbons (Fsp3) is 0.125. The van der Waals surface area contributed by atoms with Crippen LogP contribution in [0.2, 0.25) is 0 Å². The fourth-order valence-corrected chi connectivity index (χ4v) is 0.772. The summed E-state index contributed by atoms with van der Waals surface area (Å²) in [4.78, 5) is 10.2. The molecule has 2 nitrogen and oxygen atoms in total. The third-order valence-corrected chi connectivity index (χ3v) is 1.25. The van der Waals surface area contributed by atoms with Crippen LogP contribution in [0.5, 0.6) is 0 Å². The van der Waals surface area contributed by atoms with Crippen molar-refractivity contribution in [1.82, 2.24) is 0 Å². The van der Waals surface area contributed by atoms with Crippen LogP contribution >= 0.6 is 0 Å². The topological polar surface area (TPSA) is 40.1 Å². The second-order valence-electron chi connectivity index (χ2n) is 2.16. The van der Waals surface area contributed by atoms with Gasteiger partial charge in [0.1, 0.15) is 0 Å². The van der Waals surface area contributed by atoms with E-state index in [9.17, 15) is 9.90 Å². The van der Waals surface area contributed by atoms with Gasteiger partial charge in [0.25, 0.3) is 0 Å². The van der Waals surface area contributed by atoms with Crippen LogP contribution in [0.15, 0.2) is 24.3 Å². The zero-order chi connectivity index (χ0) is 7.56. The molecule has 0 saturated heterocycles. The molecule has 0 aliphatic carbocycles. The third-order valence-electron chi connectivity index (χ3n) is 1.25. The standard InChI is InChI=1S/C8H8O2.Zn/c1-6-3-2-4-7(5-6)8(9)10;/h2-5H,1H3,(H,9,10);/q;+2/p-1. The SMILES string of the molecule is Cc1cccc(C(=O)[O-])c1.[Zn+2]. The summed E-state index contributed by atoms with van der Waals surface area (Å²) < 4.78 is 0. The Labute approximate surface area is 78.0 Å². The third kappa shape index (κ3) is 2.81. The van der Waals surface area contributed by atoms with E-state index in [0.29, 0.717) is 0 Å². The Kier molecular flexibility index (Phi) is 3.98. The maximum Gasteiger partial charge on any atom is 2.00 e. The predicted molar refractivity (Wildman–Crippen MR) is 35.5 cm³/mol. The Morgan fingerprint density at radius 3 is 2.45 bits per heavy atom. The van der Waals surface area contributed by atoms with Gasteiger partial charge in [-0.25, -0.2) is 0 Å². The molecular formula is C8H7O2Zn+. The molecule has 1 aromatic carbocycles. The van der Waals surface area contributed by atoms with E-state index < -0.39 is 5.97 Å². The Morgan fingerprint density at radius 2 is 2.09 bits per heavy atom. The molecule has 0 bridgehead atoms. The number of carbonyl (C=O) groups excluding carboxylic acids is 1. The number of hydrogen-bond donors (Lipinski definition) is 0. The van der Waals surface area contributed by atoms with Gasteiger partial charge in [-0.2, -0.15) is 0 Å². The maximum atomic E-state index is 10.2. The normalized spacial score (nSPS) is 8.45. The number of benzene rings is 1. The van der Waals surface area contributed by atoms with Crippen LogP contribution in [0, 0.1) is 6.92 Å². The summed E-state index contributed by atoms with van der Waals surface area (Å²) in [6.07, 6.45) is 0. The second kappa shape index (κ2) is 4.25. The summed E-state index contributed by atoms with van der Waals surface area (Å²) in [6.45, 7) is 1.84. The van der Waals surface area contributed by atoms with E-state index in [1.54, 1.807) is 12.1 Å². The molecule has 1 aromatic rings. The van der Waals surface area contributed by atoms with E-state index in [-0.39, 0.29) is 25.0 Å². The van der Waals surface area contributed by atoms with Gasteiger partial charge in [-0.1, -0.05) is 29.8 Å². The summed E-state index contributed by atoms with van der Waals surface area (Å²) in [5.41, 5.74) is 1.17. The average molecular weight is 201 g/mol. The van der Waals surface area contributed by atoms with E-state index in [0.717, 1.165) is 5.56 Å². The van der Waals surface area contributed by atoms with Crippen LogP contribution in [0.3, 0.4) is 0 Å². The summed E-state index contributed by atoms with van der Waals surface area (Å²) in [7, 11) is 0. The molecular weight excluding hydrogens is 193 g/mol. The van der Waals surface area contributed by atoms with Crippen molar-refractivity contribution in [3.63, 3.8) is 0 Å². The summed E-state index contributed by atoms with van der Waals surface area (Å²) >= 11 is 0. The molecule has 1 rings (SSSR count). The van der Waals surface area contributed by atoms with Crippen LogP contribution in [-0.4, -0.2) is 5.97 Å². The molecule has 0 fully saturated rings. The Balaban J connectivity index is 0.000001000. The summed E-state index contributed by atoms with van der Waals surface area (Å²) in [6, 6.07) is 6.63. The number of carboxylic acids is 1. The Hall–Kier alpha value is -0.687. The Bertz CT molecular complexity index is 258. The number of hydrogen-bond acceptors (Lipinski definition) is 2. The van der Waals surface area contributed by atoms with Crippen LogP contribution in [0.1, 0.15) is 15.9 Å². The molecule has 0 radical (unpaired) electrons. The zero-order valence-corrected chi connectivity index (χ0v) is 9.30. The molecule has 3 heteroatoms. The quantitative estimate of drug-likeness (QED) is 0.614. The molecule has 52 valence electrons. The molecule has 11 heavy (non-hydrogen) atoms. The average Bonchev–Trinajstić information content (AvgIpc) is 1.88. The molecule has 0 heterocycles. The van der Waals surface area contributed by atoms with E-state index in [1.807, 2.05) is 13.0 Å². The molecule has 0 unspecified atom stereocenters.